The van der Waals surface area contributed by atoms with Crippen LogP contribution in [0.3, 0.4) is 0 Å². The second-order valence-electron chi connectivity index (χ2n) is 7.43. The minimum atomic E-state index is -4.35. The van der Waals surface area contributed by atoms with Crippen molar-refractivity contribution in [2.75, 3.05) is 18.1 Å². The van der Waals surface area contributed by atoms with Crippen LogP contribution in [0.1, 0.15) is 38.5 Å². The number of hydrogen-bond acceptors (Lipinski definition) is 4. The van der Waals surface area contributed by atoms with Crippen molar-refractivity contribution in [3.8, 4) is 0 Å². The second kappa shape index (κ2) is 8.06. The van der Waals surface area contributed by atoms with Crippen molar-refractivity contribution in [2.24, 2.45) is 5.10 Å². The number of alkyl halides is 3. The molecule has 0 aromatic heterocycles. The highest BCUT2D eigenvalue weighted by Gasteiger charge is 2.39. The third-order valence-electron chi connectivity index (χ3n) is 5.31. The maximum Gasteiger partial charge on any atom is 0.389 e. The Hall–Kier alpha value is -2.16. The molecule has 1 atom stereocenters. The van der Waals surface area contributed by atoms with Gasteiger partial charge in [0.05, 0.1) is 23.8 Å². The third-order valence-corrected chi connectivity index (χ3v) is 5.31. The lowest BCUT2D eigenvalue weighted by Crippen LogP contribution is -2.49. The summed E-state index contributed by atoms with van der Waals surface area (Å²) in [7, 11) is 0. The summed E-state index contributed by atoms with van der Waals surface area (Å²) in [4.78, 5) is 13.3. The van der Waals surface area contributed by atoms with Gasteiger partial charge in [-0.15, -0.1) is 0 Å². The normalized spacial score (nSPS) is 22.0. The number of hydrogen-bond donors (Lipinski definition) is 1. The Kier molecular flexibility index (Phi) is 5.92. The molecule has 1 aromatic carbocycles. The smallest absolute Gasteiger partial charge is 0.389 e. The molecule has 154 valence electrons. The van der Waals surface area contributed by atoms with Gasteiger partial charge in [0, 0.05) is 32.1 Å². The minimum absolute atomic E-state index is 0.0945. The highest BCUT2D eigenvalue weighted by atomic mass is 19.4. The van der Waals surface area contributed by atoms with Gasteiger partial charge in [0.25, 0.3) is 0 Å². The standard InChI is InChI=1S/C19H23F4N3O2/c20-14-1-3-15(4-2-14)26-16(6-10-24-26)13-18(28)8-11-25(12-9-18)17(27)5-7-19(21,22)23/h1-4,10,16,28H,5-9,11-13H2. The van der Waals surface area contributed by atoms with E-state index in [1.54, 1.807) is 23.4 Å². The number of anilines is 1. The summed E-state index contributed by atoms with van der Waals surface area (Å²) in [6, 6.07) is 5.84. The molecule has 9 heteroatoms. The summed E-state index contributed by atoms with van der Waals surface area (Å²) in [6.45, 7) is 0.467. The maximum absolute atomic E-state index is 13.1. The number of carbonyl (C=O) groups excluding carboxylic acids is 1. The Morgan fingerprint density at radius 2 is 1.86 bits per heavy atom. The summed E-state index contributed by atoms with van der Waals surface area (Å²) in [5, 5.41) is 17.0. The number of rotatable bonds is 5. The van der Waals surface area contributed by atoms with E-state index in [1.165, 1.54) is 17.0 Å². The predicted molar refractivity (Wildman–Crippen MR) is 96.4 cm³/mol. The Morgan fingerprint density at radius 1 is 1.21 bits per heavy atom. The van der Waals surface area contributed by atoms with Gasteiger partial charge < -0.3 is 10.0 Å². The molecule has 2 aliphatic rings. The Morgan fingerprint density at radius 3 is 2.46 bits per heavy atom. The number of hydrazone groups is 1. The van der Waals surface area contributed by atoms with Crippen molar-refractivity contribution in [2.45, 2.75) is 56.3 Å². The third kappa shape index (κ3) is 5.21. The Bertz CT molecular complexity index is 713. The van der Waals surface area contributed by atoms with Crippen LogP contribution in [0.25, 0.3) is 0 Å². The summed E-state index contributed by atoms with van der Waals surface area (Å²) in [5.74, 6) is -0.874. The van der Waals surface area contributed by atoms with E-state index in [4.69, 9.17) is 0 Å². The number of carbonyl (C=O) groups is 1. The van der Waals surface area contributed by atoms with Gasteiger partial charge in [0.15, 0.2) is 0 Å². The van der Waals surface area contributed by atoms with Crippen LogP contribution < -0.4 is 5.01 Å². The van der Waals surface area contributed by atoms with Gasteiger partial charge in [-0.25, -0.2) is 4.39 Å². The zero-order valence-corrected chi connectivity index (χ0v) is 15.3. The molecule has 28 heavy (non-hydrogen) atoms. The molecule has 0 bridgehead atoms. The summed E-state index contributed by atoms with van der Waals surface area (Å²) < 4.78 is 50.0. The first-order valence-electron chi connectivity index (χ1n) is 9.29. The van der Waals surface area contributed by atoms with Crippen molar-refractivity contribution in [3.63, 3.8) is 0 Å². The van der Waals surface area contributed by atoms with Gasteiger partial charge in [-0.05, 0) is 43.5 Å². The molecule has 0 radical (unpaired) electrons. The van der Waals surface area contributed by atoms with Crippen LogP contribution in [0.15, 0.2) is 29.4 Å². The van der Waals surface area contributed by atoms with Crippen molar-refractivity contribution in [1.29, 1.82) is 0 Å². The Labute approximate surface area is 160 Å². The second-order valence-corrected chi connectivity index (χ2v) is 7.43. The molecule has 5 nitrogen and oxygen atoms in total. The SMILES string of the molecule is O=C(CCC(F)(F)F)N1CCC(O)(CC2CC=NN2c2ccc(F)cc2)CC1. The van der Waals surface area contributed by atoms with Gasteiger partial charge in [-0.1, -0.05) is 0 Å². The fourth-order valence-electron chi connectivity index (χ4n) is 3.71. The first-order chi connectivity index (χ1) is 13.2. The van der Waals surface area contributed by atoms with E-state index < -0.39 is 30.5 Å². The molecule has 0 spiro atoms. The molecule has 2 heterocycles. The van der Waals surface area contributed by atoms with Gasteiger partial charge in [-0.2, -0.15) is 18.3 Å². The van der Waals surface area contributed by atoms with E-state index in [0.29, 0.717) is 25.7 Å². The van der Waals surface area contributed by atoms with Crippen molar-refractivity contribution >= 4 is 17.8 Å². The van der Waals surface area contributed by atoms with E-state index in [2.05, 4.69) is 5.10 Å². The monoisotopic (exact) mass is 401 g/mol. The lowest BCUT2D eigenvalue weighted by Gasteiger charge is -2.40. The predicted octanol–water partition coefficient (Wildman–Crippen LogP) is 3.48. The van der Waals surface area contributed by atoms with E-state index in [1.807, 2.05) is 0 Å². The van der Waals surface area contributed by atoms with Gasteiger partial charge in [0.2, 0.25) is 5.91 Å². The number of benzene rings is 1. The molecule has 1 amide bonds. The van der Waals surface area contributed by atoms with Crippen LogP contribution >= 0.6 is 0 Å². The largest absolute Gasteiger partial charge is 0.390 e. The first-order valence-corrected chi connectivity index (χ1v) is 9.29. The number of likely N-dealkylation sites (tertiary alicyclic amines) is 1. The minimum Gasteiger partial charge on any atom is -0.390 e. The summed E-state index contributed by atoms with van der Waals surface area (Å²) in [5.41, 5.74) is -0.291. The number of nitrogens with zero attached hydrogens (tertiary/aromatic N) is 3. The molecule has 2 aliphatic heterocycles. The Balaban J connectivity index is 1.54. The highest BCUT2D eigenvalue weighted by Crippen LogP contribution is 2.33. The first kappa shape index (κ1) is 20.6. The fourth-order valence-corrected chi connectivity index (χ4v) is 3.71. The zero-order valence-electron chi connectivity index (χ0n) is 15.3. The molecule has 1 N–H and O–H groups in total. The topological polar surface area (TPSA) is 56.1 Å². The molecular weight excluding hydrogens is 378 g/mol. The number of amides is 1. The quantitative estimate of drug-likeness (QED) is 0.769. The van der Waals surface area contributed by atoms with E-state index in [-0.39, 0.29) is 24.9 Å². The van der Waals surface area contributed by atoms with E-state index >= 15 is 0 Å². The van der Waals surface area contributed by atoms with Gasteiger partial charge >= 0.3 is 6.18 Å². The average molecular weight is 401 g/mol. The molecule has 0 saturated carbocycles. The van der Waals surface area contributed by atoms with Crippen molar-refractivity contribution in [3.05, 3.63) is 30.1 Å². The molecule has 1 fully saturated rings. The van der Waals surface area contributed by atoms with Crippen LogP contribution in [0, 0.1) is 5.82 Å². The number of halogens is 4. The van der Waals surface area contributed by atoms with Crippen LogP contribution in [0.4, 0.5) is 23.2 Å². The fraction of sp³-hybridized carbons (Fsp3) is 0.579. The average Bonchev–Trinajstić information content (AvgIpc) is 3.08. The summed E-state index contributed by atoms with van der Waals surface area (Å²) >= 11 is 0. The van der Waals surface area contributed by atoms with Crippen LogP contribution in [0.2, 0.25) is 0 Å². The van der Waals surface area contributed by atoms with Crippen LogP contribution in [0.5, 0.6) is 0 Å². The highest BCUT2D eigenvalue weighted by molar-refractivity contribution is 5.76. The molecule has 0 aliphatic carbocycles. The zero-order chi connectivity index (χ0) is 20.4. The summed E-state index contributed by atoms with van der Waals surface area (Å²) in [6.07, 6.45) is -2.64. The van der Waals surface area contributed by atoms with Gasteiger partial charge in [0.1, 0.15) is 5.82 Å². The van der Waals surface area contributed by atoms with Gasteiger partial charge in [-0.3, -0.25) is 9.80 Å². The molecule has 1 unspecified atom stereocenters. The van der Waals surface area contributed by atoms with Crippen molar-refractivity contribution in [1.82, 2.24) is 4.90 Å². The molecule has 1 saturated heterocycles. The lowest BCUT2D eigenvalue weighted by atomic mass is 9.84. The van der Waals surface area contributed by atoms with Crippen LogP contribution in [-0.4, -0.2) is 53.0 Å². The van der Waals surface area contributed by atoms with Crippen LogP contribution in [-0.2, 0) is 4.79 Å². The maximum atomic E-state index is 13.1. The van der Waals surface area contributed by atoms with E-state index in [0.717, 1.165) is 5.69 Å². The molecular formula is C19H23F4N3O2. The molecule has 3 rings (SSSR count). The number of piperidine rings is 1. The van der Waals surface area contributed by atoms with E-state index in [9.17, 15) is 27.5 Å². The van der Waals surface area contributed by atoms with Crippen molar-refractivity contribution < 1.29 is 27.5 Å². The lowest BCUT2D eigenvalue weighted by molar-refractivity contribution is -0.151. The number of aliphatic hydroxyl groups is 1. The molecule has 1 aromatic rings.